The van der Waals surface area contributed by atoms with E-state index >= 15 is 0 Å². The zero-order valence-corrected chi connectivity index (χ0v) is 17.5. The monoisotopic (exact) mass is 460 g/mol. The summed E-state index contributed by atoms with van der Waals surface area (Å²) in [5.41, 5.74) is 0.803. The van der Waals surface area contributed by atoms with Crippen molar-refractivity contribution in [3.63, 3.8) is 0 Å². The molecule has 0 N–H and O–H groups in total. The smallest absolute Gasteiger partial charge is 0.278 e. The predicted molar refractivity (Wildman–Crippen MR) is 109 cm³/mol. The number of amides is 2. The molecule has 152 valence electrons. The molecule has 3 heterocycles. The first-order chi connectivity index (χ1) is 14.0. The van der Waals surface area contributed by atoms with Crippen molar-refractivity contribution < 1.29 is 19.1 Å². The molecule has 4 rings (SSSR count). The molecule has 2 saturated heterocycles. The van der Waals surface area contributed by atoms with Crippen LogP contribution >= 0.6 is 15.9 Å². The number of rotatable bonds is 5. The highest BCUT2D eigenvalue weighted by Gasteiger charge is 2.39. The molecule has 9 heteroatoms. The highest BCUT2D eigenvalue weighted by atomic mass is 79.9. The van der Waals surface area contributed by atoms with Gasteiger partial charge in [0.1, 0.15) is 6.10 Å². The number of hydrogen-bond acceptors (Lipinski definition) is 6. The largest absolute Gasteiger partial charge is 0.477 e. The SMILES string of the molecule is COc1nccnc1OC1CCN(C(=O)C2CC(=O)N(c3cccc(Br)c3)C2)C1. The lowest BCUT2D eigenvalue weighted by Crippen LogP contribution is -2.37. The Bertz CT molecular complexity index is 925. The molecule has 2 aliphatic heterocycles. The van der Waals surface area contributed by atoms with Crippen molar-refractivity contribution in [3.05, 3.63) is 41.1 Å². The number of hydrogen-bond donors (Lipinski definition) is 0. The van der Waals surface area contributed by atoms with Crippen LogP contribution < -0.4 is 14.4 Å². The Labute approximate surface area is 177 Å². The third-order valence-electron chi connectivity index (χ3n) is 5.16. The van der Waals surface area contributed by atoms with Gasteiger partial charge >= 0.3 is 0 Å². The van der Waals surface area contributed by atoms with Gasteiger partial charge in [0.2, 0.25) is 11.8 Å². The van der Waals surface area contributed by atoms with Gasteiger partial charge in [0, 0.05) is 48.5 Å². The number of anilines is 1. The van der Waals surface area contributed by atoms with Gasteiger partial charge in [-0.15, -0.1) is 0 Å². The summed E-state index contributed by atoms with van der Waals surface area (Å²) in [5, 5.41) is 0. The number of likely N-dealkylation sites (tertiary alicyclic amines) is 1. The molecular formula is C20H21BrN4O4. The van der Waals surface area contributed by atoms with Crippen LogP contribution in [0.15, 0.2) is 41.1 Å². The van der Waals surface area contributed by atoms with E-state index in [1.165, 1.54) is 19.5 Å². The van der Waals surface area contributed by atoms with Gasteiger partial charge in [-0.05, 0) is 18.2 Å². The van der Waals surface area contributed by atoms with Crippen molar-refractivity contribution >= 4 is 33.4 Å². The molecule has 29 heavy (non-hydrogen) atoms. The molecule has 0 bridgehead atoms. The second kappa shape index (κ2) is 8.36. The topological polar surface area (TPSA) is 84.9 Å². The number of carbonyl (C=O) groups is 2. The molecule has 1 aromatic heterocycles. The van der Waals surface area contributed by atoms with Gasteiger partial charge < -0.3 is 19.3 Å². The van der Waals surface area contributed by atoms with Crippen molar-refractivity contribution in [2.45, 2.75) is 18.9 Å². The maximum absolute atomic E-state index is 13.0. The molecule has 0 saturated carbocycles. The van der Waals surface area contributed by atoms with Gasteiger partial charge in [-0.1, -0.05) is 22.0 Å². The van der Waals surface area contributed by atoms with E-state index in [0.29, 0.717) is 37.8 Å². The highest BCUT2D eigenvalue weighted by molar-refractivity contribution is 9.10. The van der Waals surface area contributed by atoms with Crippen molar-refractivity contribution in [2.24, 2.45) is 5.92 Å². The fourth-order valence-corrected chi connectivity index (χ4v) is 4.13. The number of nitrogens with zero attached hydrogens (tertiary/aromatic N) is 4. The van der Waals surface area contributed by atoms with E-state index < -0.39 is 0 Å². The van der Waals surface area contributed by atoms with Gasteiger partial charge in [0.05, 0.1) is 19.6 Å². The van der Waals surface area contributed by atoms with Crippen LogP contribution in [0.3, 0.4) is 0 Å². The van der Waals surface area contributed by atoms with Crippen LogP contribution in [0, 0.1) is 5.92 Å². The molecule has 2 fully saturated rings. The number of aromatic nitrogens is 2. The second-order valence-electron chi connectivity index (χ2n) is 7.07. The van der Waals surface area contributed by atoms with E-state index in [2.05, 4.69) is 25.9 Å². The lowest BCUT2D eigenvalue weighted by atomic mass is 10.1. The van der Waals surface area contributed by atoms with Crippen LogP contribution in [0.25, 0.3) is 0 Å². The van der Waals surface area contributed by atoms with E-state index in [9.17, 15) is 9.59 Å². The fourth-order valence-electron chi connectivity index (χ4n) is 3.74. The van der Waals surface area contributed by atoms with E-state index in [4.69, 9.17) is 9.47 Å². The van der Waals surface area contributed by atoms with E-state index in [0.717, 1.165) is 10.2 Å². The molecule has 1 aromatic carbocycles. The number of methoxy groups -OCH3 is 1. The van der Waals surface area contributed by atoms with Crippen molar-refractivity contribution in [1.82, 2.24) is 14.9 Å². The standard InChI is InChI=1S/C20H21BrN4O4/c1-28-18-19(23-7-6-22-18)29-16-5-8-24(12-16)20(27)13-9-17(26)25(11-13)15-4-2-3-14(21)10-15/h2-4,6-7,10,13,16H,5,8-9,11-12H2,1H3. The Kier molecular flexibility index (Phi) is 5.66. The summed E-state index contributed by atoms with van der Waals surface area (Å²) < 4.78 is 11.9. The summed E-state index contributed by atoms with van der Waals surface area (Å²) in [4.78, 5) is 37.1. The molecular weight excluding hydrogens is 440 g/mol. The Morgan fingerprint density at radius 1 is 1.21 bits per heavy atom. The van der Waals surface area contributed by atoms with Crippen LogP contribution in [-0.2, 0) is 9.59 Å². The predicted octanol–water partition coefficient (Wildman–Crippen LogP) is 2.28. The molecule has 2 amide bonds. The van der Waals surface area contributed by atoms with Gasteiger partial charge in [0.25, 0.3) is 11.8 Å². The quantitative estimate of drug-likeness (QED) is 0.680. The lowest BCUT2D eigenvalue weighted by molar-refractivity contribution is -0.135. The first-order valence-corrected chi connectivity index (χ1v) is 10.2. The van der Waals surface area contributed by atoms with Crippen molar-refractivity contribution in [1.29, 1.82) is 0 Å². The number of ether oxygens (including phenoxy) is 2. The Balaban J connectivity index is 1.37. The summed E-state index contributed by atoms with van der Waals surface area (Å²) in [6, 6.07) is 7.55. The molecule has 2 unspecified atom stereocenters. The summed E-state index contributed by atoms with van der Waals surface area (Å²) in [7, 11) is 1.51. The molecule has 2 atom stereocenters. The summed E-state index contributed by atoms with van der Waals surface area (Å²) >= 11 is 3.43. The Hall–Kier alpha value is -2.68. The van der Waals surface area contributed by atoms with Crippen LogP contribution in [-0.4, -0.2) is 59.5 Å². The lowest BCUT2D eigenvalue weighted by Gasteiger charge is -2.21. The summed E-state index contributed by atoms with van der Waals surface area (Å²) in [5.74, 6) is 0.270. The minimum Gasteiger partial charge on any atom is -0.477 e. The van der Waals surface area contributed by atoms with Crippen molar-refractivity contribution in [3.8, 4) is 11.8 Å². The molecule has 8 nitrogen and oxygen atoms in total. The van der Waals surface area contributed by atoms with Gasteiger partial charge in [-0.25, -0.2) is 9.97 Å². The Morgan fingerprint density at radius 3 is 2.76 bits per heavy atom. The minimum absolute atomic E-state index is 0.00643. The zero-order chi connectivity index (χ0) is 20.4. The maximum atomic E-state index is 13.0. The van der Waals surface area contributed by atoms with Crippen LogP contribution in [0.5, 0.6) is 11.8 Å². The van der Waals surface area contributed by atoms with Gasteiger partial charge in [-0.2, -0.15) is 0 Å². The maximum Gasteiger partial charge on any atom is 0.278 e. The molecule has 2 aromatic rings. The number of benzene rings is 1. The highest BCUT2D eigenvalue weighted by Crippen LogP contribution is 2.30. The summed E-state index contributed by atoms with van der Waals surface area (Å²) in [6.07, 6.45) is 3.82. The van der Waals surface area contributed by atoms with Crippen LogP contribution in [0.2, 0.25) is 0 Å². The van der Waals surface area contributed by atoms with E-state index in [-0.39, 0.29) is 30.3 Å². The first-order valence-electron chi connectivity index (χ1n) is 9.41. The van der Waals surface area contributed by atoms with Gasteiger partial charge in [0.15, 0.2) is 0 Å². The molecule has 0 radical (unpaired) electrons. The average Bonchev–Trinajstić information content (AvgIpc) is 3.34. The number of halogens is 1. The third-order valence-corrected chi connectivity index (χ3v) is 5.65. The molecule has 0 spiro atoms. The van der Waals surface area contributed by atoms with Crippen molar-refractivity contribution in [2.75, 3.05) is 31.6 Å². The average molecular weight is 461 g/mol. The van der Waals surface area contributed by atoms with E-state index in [1.807, 2.05) is 24.3 Å². The third kappa shape index (κ3) is 4.19. The Morgan fingerprint density at radius 2 is 2.00 bits per heavy atom. The first kappa shape index (κ1) is 19.6. The zero-order valence-electron chi connectivity index (χ0n) is 16.0. The van der Waals surface area contributed by atoms with E-state index in [1.54, 1.807) is 9.80 Å². The van der Waals surface area contributed by atoms with Gasteiger partial charge in [-0.3, -0.25) is 9.59 Å². The molecule has 0 aliphatic carbocycles. The van der Waals surface area contributed by atoms with Crippen LogP contribution in [0.4, 0.5) is 5.69 Å². The number of carbonyl (C=O) groups excluding carboxylic acids is 2. The summed E-state index contributed by atoms with van der Waals surface area (Å²) in [6.45, 7) is 1.45. The fraction of sp³-hybridized carbons (Fsp3) is 0.400. The normalized spacial score (nSPS) is 21.5. The minimum atomic E-state index is -0.341. The second-order valence-corrected chi connectivity index (χ2v) is 7.98. The molecule has 2 aliphatic rings. The van der Waals surface area contributed by atoms with Crippen LogP contribution in [0.1, 0.15) is 12.8 Å².